The van der Waals surface area contributed by atoms with Crippen molar-refractivity contribution in [2.24, 2.45) is 0 Å². The molecule has 116 valence electrons. The summed E-state index contributed by atoms with van der Waals surface area (Å²) in [5, 5.41) is 3.65. The van der Waals surface area contributed by atoms with E-state index in [9.17, 15) is 0 Å². The Morgan fingerprint density at radius 2 is 1.81 bits per heavy atom. The maximum atomic E-state index is 5.61. The Hall–Kier alpha value is -1.42. The van der Waals surface area contributed by atoms with Crippen LogP contribution in [0.15, 0.2) is 18.2 Å². The molecule has 0 unspecified atom stereocenters. The minimum absolute atomic E-state index is 0.619. The van der Waals surface area contributed by atoms with Crippen molar-refractivity contribution < 1.29 is 4.74 Å². The van der Waals surface area contributed by atoms with Crippen LogP contribution >= 0.6 is 0 Å². The molecule has 0 bridgehead atoms. The summed E-state index contributed by atoms with van der Waals surface area (Å²) >= 11 is 0. The third-order valence-electron chi connectivity index (χ3n) is 4.77. The third kappa shape index (κ3) is 3.43. The summed E-state index contributed by atoms with van der Waals surface area (Å²) in [6.45, 7) is 4.44. The van der Waals surface area contributed by atoms with E-state index in [0.717, 1.165) is 37.6 Å². The number of nitrogens with one attached hydrogen (secondary N) is 1. The standard InChI is InChI=1S/C17H27N3O/c1-19-9-11-20(12-10-19)15-7-8-16(17(13-15)21-2)18-14-5-3-4-6-14/h7-8,13-14,18H,3-6,9-12H2,1-2H3. The fraction of sp³-hybridized carbons (Fsp3) is 0.647. The number of piperazine rings is 1. The van der Waals surface area contributed by atoms with Crippen molar-refractivity contribution in [3.05, 3.63) is 18.2 Å². The van der Waals surface area contributed by atoms with Gasteiger partial charge in [-0.2, -0.15) is 0 Å². The van der Waals surface area contributed by atoms with Crippen molar-refractivity contribution in [2.75, 3.05) is 50.6 Å². The second kappa shape index (κ2) is 6.56. The van der Waals surface area contributed by atoms with Gasteiger partial charge in [0.05, 0.1) is 12.8 Å². The van der Waals surface area contributed by atoms with E-state index in [1.807, 2.05) is 0 Å². The van der Waals surface area contributed by atoms with E-state index in [-0.39, 0.29) is 0 Å². The average molecular weight is 289 g/mol. The van der Waals surface area contributed by atoms with Crippen molar-refractivity contribution >= 4 is 11.4 Å². The Kier molecular flexibility index (Phi) is 4.54. The van der Waals surface area contributed by atoms with Crippen LogP contribution in [0.4, 0.5) is 11.4 Å². The Morgan fingerprint density at radius 1 is 1.10 bits per heavy atom. The Balaban J connectivity index is 1.71. The molecule has 0 spiro atoms. The number of benzene rings is 1. The second-order valence-electron chi connectivity index (χ2n) is 6.30. The first-order valence-corrected chi connectivity index (χ1v) is 8.14. The molecule has 0 aromatic heterocycles. The molecule has 1 saturated heterocycles. The highest BCUT2D eigenvalue weighted by Crippen LogP contribution is 2.32. The van der Waals surface area contributed by atoms with Gasteiger partial charge in [0.2, 0.25) is 0 Å². The molecule has 1 N–H and O–H groups in total. The zero-order valence-electron chi connectivity index (χ0n) is 13.3. The number of nitrogens with zero attached hydrogens (tertiary/aromatic N) is 2. The predicted octanol–water partition coefficient (Wildman–Crippen LogP) is 2.80. The van der Waals surface area contributed by atoms with Crippen molar-refractivity contribution in [3.8, 4) is 5.75 Å². The van der Waals surface area contributed by atoms with E-state index in [1.165, 1.54) is 31.4 Å². The van der Waals surface area contributed by atoms with Crippen LogP contribution in [0.5, 0.6) is 5.75 Å². The van der Waals surface area contributed by atoms with Crippen LogP contribution in [0, 0.1) is 0 Å². The number of rotatable bonds is 4. The SMILES string of the molecule is COc1cc(N2CCN(C)CC2)ccc1NC1CCCC1. The van der Waals surface area contributed by atoms with Gasteiger partial charge in [-0.1, -0.05) is 12.8 Å². The molecular formula is C17H27N3O. The van der Waals surface area contributed by atoms with Crippen LogP contribution < -0.4 is 15.0 Å². The molecule has 1 saturated carbocycles. The molecule has 1 heterocycles. The van der Waals surface area contributed by atoms with Crippen molar-refractivity contribution in [1.82, 2.24) is 4.90 Å². The second-order valence-corrected chi connectivity index (χ2v) is 6.30. The highest BCUT2D eigenvalue weighted by atomic mass is 16.5. The summed E-state index contributed by atoms with van der Waals surface area (Å²) in [4.78, 5) is 4.83. The molecule has 4 heteroatoms. The zero-order valence-corrected chi connectivity index (χ0v) is 13.3. The molecule has 1 aromatic rings. The first-order chi connectivity index (χ1) is 10.3. The molecule has 3 rings (SSSR count). The van der Waals surface area contributed by atoms with Crippen molar-refractivity contribution in [2.45, 2.75) is 31.7 Å². The Morgan fingerprint density at radius 3 is 2.48 bits per heavy atom. The lowest BCUT2D eigenvalue weighted by molar-refractivity contribution is 0.312. The van der Waals surface area contributed by atoms with E-state index in [2.05, 4.69) is 40.4 Å². The molecule has 4 nitrogen and oxygen atoms in total. The van der Waals surface area contributed by atoms with Gasteiger partial charge < -0.3 is 19.9 Å². The van der Waals surface area contributed by atoms with Crippen LogP contribution in [0.3, 0.4) is 0 Å². The average Bonchev–Trinajstić information content (AvgIpc) is 3.01. The lowest BCUT2D eigenvalue weighted by Gasteiger charge is -2.34. The topological polar surface area (TPSA) is 27.7 Å². The number of hydrogen-bond donors (Lipinski definition) is 1. The van der Waals surface area contributed by atoms with Crippen LogP contribution in [-0.4, -0.2) is 51.3 Å². The molecule has 1 aliphatic carbocycles. The smallest absolute Gasteiger partial charge is 0.144 e. The summed E-state index contributed by atoms with van der Waals surface area (Å²) in [5.74, 6) is 0.971. The number of ether oxygens (including phenoxy) is 1. The molecule has 2 fully saturated rings. The van der Waals surface area contributed by atoms with Gasteiger partial charge in [0.25, 0.3) is 0 Å². The minimum atomic E-state index is 0.619. The third-order valence-corrected chi connectivity index (χ3v) is 4.77. The molecule has 2 aliphatic rings. The summed E-state index contributed by atoms with van der Waals surface area (Å²) in [6, 6.07) is 7.21. The zero-order chi connectivity index (χ0) is 14.7. The first kappa shape index (κ1) is 14.5. The molecule has 0 radical (unpaired) electrons. The molecular weight excluding hydrogens is 262 g/mol. The van der Waals surface area contributed by atoms with Crippen LogP contribution in [-0.2, 0) is 0 Å². The van der Waals surface area contributed by atoms with Gasteiger partial charge in [0.15, 0.2) is 0 Å². The van der Waals surface area contributed by atoms with Gasteiger partial charge in [-0.3, -0.25) is 0 Å². The number of methoxy groups -OCH3 is 1. The summed E-state index contributed by atoms with van der Waals surface area (Å²) in [6.07, 6.45) is 5.26. The van der Waals surface area contributed by atoms with Crippen LogP contribution in [0.1, 0.15) is 25.7 Å². The van der Waals surface area contributed by atoms with E-state index in [0.29, 0.717) is 6.04 Å². The maximum absolute atomic E-state index is 5.61. The van der Waals surface area contributed by atoms with Gasteiger partial charge in [0, 0.05) is 44.0 Å². The lowest BCUT2D eigenvalue weighted by Crippen LogP contribution is -2.44. The maximum Gasteiger partial charge on any atom is 0.144 e. The number of hydrogen-bond acceptors (Lipinski definition) is 4. The fourth-order valence-electron chi connectivity index (χ4n) is 3.35. The quantitative estimate of drug-likeness (QED) is 0.922. The minimum Gasteiger partial charge on any atom is -0.495 e. The highest BCUT2D eigenvalue weighted by molar-refractivity contribution is 5.65. The summed E-state index contributed by atoms with van der Waals surface area (Å²) in [7, 11) is 3.95. The molecule has 0 amide bonds. The first-order valence-electron chi connectivity index (χ1n) is 8.14. The monoisotopic (exact) mass is 289 g/mol. The van der Waals surface area contributed by atoms with Gasteiger partial charge in [-0.05, 0) is 32.0 Å². The highest BCUT2D eigenvalue weighted by Gasteiger charge is 2.18. The molecule has 1 aromatic carbocycles. The number of likely N-dealkylation sites (N-methyl/N-ethyl adjacent to an activating group) is 1. The van der Waals surface area contributed by atoms with E-state index in [4.69, 9.17) is 4.74 Å². The lowest BCUT2D eigenvalue weighted by atomic mass is 10.2. The number of anilines is 2. The van der Waals surface area contributed by atoms with Gasteiger partial charge >= 0.3 is 0 Å². The normalized spacial score (nSPS) is 20.8. The fourth-order valence-corrected chi connectivity index (χ4v) is 3.35. The predicted molar refractivity (Wildman–Crippen MR) is 88.6 cm³/mol. The Bertz CT molecular complexity index is 463. The van der Waals surface area contributed by atoms with E-state index >= 15 is 0 Å². The molecule has 0 atom stereocenters. The molecule has 1 aliphatic heterocycles. The van der Waals surface area contributed by atoms with Crippen LogP contribution in [0.2, 0.25) is 0 Å². The summed E-state index contributed by atoms with van der Waals surface area (Å²) < 4.78 is 5.61. The molecule has 21 heavy (non-hydrogen) atoms. The summed E-state index contributed by atoms with van der Waals surface area (Å²) in [5.41, 5.74) is 2.42. The largest absolute Gasteiger partial charge is 0.495 e. The Labute approximate surface area is 128 Å². The van der Waals surface area contributed by atoms with Crippen molar-refractivity contribution in [1.29, 1.82) is 0 Å². The van der Waals surface area contributed by atoms with Gasteiger partial charge in [-0.15, -0.1) is 0 Å². The van der Waals surface area contributed by atoms with Crippen molar-refractivity contribution in [3.63, 3.8) is 0 Å². The van der Waals surface area contributed by atoms with Gasteiger partial charge in [0.1, 0.15) is 5.75 Å². The van der Waals surface area contributed by atoms with Crippen LogP contribution in [0.25, 0.3) is 0 Å². The van der Waals surface area contributed by atoms with E-state index in [1.54, 1.807) is 7.11 Å². The van der Waals surface area contributed by atoms with Gasteiger partial charge in [-0.25, -0.2) is 0 Å². The van der Waals surface area contributed by atoms with E-state index < -0.39 is 0 Å².